The molecule has 0 atom stereocenters. The molecule has 4 rings (SSSR count). The van der Waals surface area contributed by atoms with Crippen LogP contribution < -0.4 is 10.6 Å². The Morgan fingerprint density at radius 1 is 0.676 bits per heavy atom. The van der Waals surface area contributed by atoms with Crippen molar-refractivity contribution < 1.29 is 4.39 Å². The molecule has 0 aromatic heterocycles. The fraction of sp³-hybridized carbons (Fsp3) is 0.600. The van der Waals surface area contributed by atoms with E-state index < -0.39 is 0 Å². The molecule has 0 amide bonds. The van der Waals surface area contributed by atoms with Gasteiger partial charge in [-0.15, -0.1) is 0 Å². The van der Waals surface area contributed by atoms with Crippen molar-refractivity contribution in [2.24, 2.45) is 0 Å². The van der Waals surface area contributed by atoms with Crippen LogP contribution in [0.2, 0.25) is 5.02 Å². The van der Waals surface area contributed by atoms with Crippen LogP contribution in [0.5, 0.6) is 0 Å². The first-order chi connectivity index (χ1) is 15.6. The molecule has 2 aliphatic heterocycles. The highest BCUT2D eigenvalue weighted by Gasteiger charge is 2.40. The zero-order chi connectivity index (χ0) is 25.1. The van der Waals surface area contributed by atoms with E-state index in [0.29, 0.717) is 11.5 Å². The minimum atomic E-state index is -0.301. The average Bonchev–Trinajstić information content (AvgIpc) is 2.65. The van der Waals surface area contributed by atoms with Crippen LogP contribution in [0.3, 0.4) is 0 Å². The summed E-state index contributed by atoms with van der Waals surface area (Å²) in [5.74, 6) is 0.421. The van der Waals surface area contributed by atoms with Crippen molar-refractivity contribution in [1.29, 1.82) is 0 Å². The molecular weight excluding hydrogens is 443 g/mol. The quantitative estimate of drug-likeness (QED) is 0.458. The summed E-state index contributed by atoms with van der Waals surface area (Å²) in [4.78, 5) is 0. The summed E-state index contributed by atoms with van der Waals surface area (Å²) < 4.78 is 15.6. The molecule has 186 valence electrons. The molecular formula is C30H42ClFN2. The fourth-order valence-corrected chi connectivity index (χ4v) is 7.46. The number of nitrogens with one attached hydrogen (secondary N) is 2. The van der Waals surface area contributed by atoms with Crippen LogP contribution in [-0.2, 0) is 0 Å². The highest BCUT2D eigenvalue weighted by atomic mass is 35.5. The highest BCUT2D eigenvalue weighted by molar-refractivity contribution is 6.32. The van der Waals surface area contributed by atoms with Crippen molar-refractivity contribution in [3.05, 3.63) is 58.4 Å². The molecule has 2 aromatic carbocycles. The maximum absolute atomic E-state index is 15.6. The molecule has 2 heterocycles. The van der Waals surface area contributed by atoms with Crippen LogP contribution in [0.1, 0.15) is 104 Å². The zero-order valence-corrected chi connectivity index (χ0v) is 23.0. The lowest BCUT2D eigenvalue weighted by atomic mass is 9.73. The molecule has 0 unspecified atom stereocenters. The monoisotopic (exact) mass is 484 g/mol. The van der Waals surface area contributed by atoms with Gasteiger partial charge in [0, 0.05) is 27.7 Å². The topological polar surface area (TPSA) is 24.1 Å². The first kappa shape index (κ1) is 25.7. The number of piperidine rings is 2. The van der Waals surface area contributed by atoms with E-state index in [9.17, 15) is 0 Å². The van der Waals surface area contributed by atoms with Gasteiger partial charge in [-0.2, -0.15) is 0 Å². The molecule has 2 aromatic rings. The second kappa shape index (κ2) is 8.61. The van der Waals surface area contributed by atoms with E-state index in [1.807, 2.05) is 6.07 Å². The van der Waals surface area contributed by atoms with E-state index in [1.165, 1.54) is 5.56 Å². The molecule has 2 nitrogen and oxygen atoms in total. The van der Waals surface area contributed by atoms with Gasteiger partial charge < -0.3 is 10.6 Å². The van der Waals surface area contributed by atoms with Gasteiger partial charge in [0.25, 0.3) is 0 Å². The summed E-state index contributed by atoms with van der Waals surface area (Å²) in [6, 6.07) is 12.4. The smallest absolute Gasteiger partial charge is 0.149 e. The van der Waals surface area contributed by atoms with Crippen molar-refractivity contribution in [1.82, 2.24) is 10.6 Å². The van der Waals surface area contributed by atoms with Gasteiger partial charge in [0.2, 0.25) is 0 Å². The number of rotatable bonds is 3. The van der Waals surface area contributed by atoms with Gasteiger partial charge in [-0.25, -0.2) is 4.39 Å². The predicted molar refractivity (Wildman–Crippen MR) is 143 cm³/mol. The van der Waals surface area contributed by atoms with E-state index >= 15 is 4.39 Å². The van der Waals surface area contributed by atoms with E-state index in [-0.39, 0.29) is 38.9 Å². The summed E-state index contributed by atoms with van der Waals surface area (Å²) in [5.41, 5.74) is 3.88. The molecule has 34 heavy (non-hydrogen) atoms. The van der Waals surface area contributed by atoms with Crippen molar-refractivity contribution in [3.8, 4) is 11.1 Å². The second-order valence-corrected chi connectivity index (χ2v) is 13.8. The maximum atomic E-state index is 15.6. The van der Waals surface area contributed by atoms with E-state index in [4.69, 9.17) is 11.6 Å². The Labute approximate surface area is 211 Å². The summed E-state index contributed by atoms with van der Waals surface area (Å²) in [6.45, 7) is 18.0. The lowest BCUT2D eigenvalue weighted by Crippen LogP contribution is -2.57. The average molecular weight is 485 g/mol. The highest BCUT2D eigenvalue weighted by Crippen LogP contribution is 2.44. The minimum absolute atomic E-state index is 0.0154. The molecule has 2 aliphatic rings. The summed E-state index contributed by atoms with van der Waals surface area (Å²) >= 11 is 6.68. The first-order valence-electron chi connectivity index (χ1n) is 12.7. The Morgan fingerprint density at radius 2 is 1.12 bits per heavy atom. The van der Waals surface area contributed by atoms with Crippen LogP contribution in [0.4, 0.5) is 4.39 Å². The van der Waals surface area contributed by atoms with Crippen molar-refractivity contribution in [2.45, 2.75) is 115 Å². The van der Waals surface area contributed by atoms with Gasteiger partial charge in [-0.3, -0.25) is 0 Å². The van der Waals surface area contributed by atoms with Gasteiger partial charge in [0.15, 0.2) is 0 Å². The van der Waals surface area contributed by atoms with Gasteiger partial charge in [-0.05, 0) is 110 Å². The standard InChI is InChI=1S/C30H42ClFN2/c1-27(2)15-21(16-28(3,4)33-27)19-9-11-20(12-10-19)24-14-13-23(25(31)26(24)32)22-17-29(5,6)34-30(7,8)18-22/h9-14,21-22,33-34H,15-18H2,1-8H3. The van der Waals surface area contributed by atoms with Gasteiger partial charge in [0.1, 0.15) is 5.82 Å². The van der Waals surface area contributed by atoms with Crippen molar-refractivity contribution in [3.63, 3.8) is 0 Å². The Balaban J connectivity index is 1.59. The van der Waals surface area contributed by atoms with Crippen molar-refractivity contribution in [2.75, 3.05) is 0 Å². The number of halogens is 2. The molecule has 2 fully saturated rings. The van der Waals surface area contributed by atoms with Crippen LogP contribution >= 0.6 is 11.6 Å². The number of hydrogen-bond acceptors (Lipinski definition) is 2. The van der Waals surface area contributed by atoms with E-state index in [0.717, 1.165) is 36.8 Å². The first-order valence-corrected chi connectivity index (χ1v) is 13.1. The van der Waals surface area contributed by atoms with Crippen LogP contribution in [0, 0.1) is 5.82 Å². The summed E-state index contributed by atoms with van der Waals surface area (Å²) in [5, 5.41) is 7.74. The van der Waals surface area contributed by atoms with E-state index in [1.54, 1.807) is 0 Å². The normalized spacial score (nSPS) is 24.2. The van der Waals surface area contributed by atoms with Gasteiger partial charge in [-0.1, -0.05) is 48.0 Å². The third kappa shape index (κ3) is 5.53. The zero-order valence-electron chi connectivity index (χ0n) is 22.2. The number of benzene rings is 2. The SMILES string of the molecule is CC1(C)CC(c2ccc(-c3ccc(C4CC(C)(C)NC(C)(C)C4)c(Cl)c3F)cc2)CC(C)(C)N1. The Morgan fingerprint density at radius 3 is 1.59 bits per heavy atom. The Hall–Kier alpha value is -1.42. The number of hydrogen-bond donors (Lipinski definition) is 2. The molecule has 2 N–H and O–H groups in total. The molecule has 0 spiro atoms. The molecule has 0 saturated carbocycles. The fourth-order valence-electron chi connectivity index (χ4n) is 7.14. The predicted octanol–water partition coefficient (Wildman–Crippen LogP) is 8.19. The second-order valence-electron chi connectivity index (χ2n) is 13.4. The molecule has 2 saturated heterocycles. The summed E-state index contributed by atoms with van der Waals surface area (Å²) in [7, 11) is 0. The van der Waals surface area contributed by atoms with Crippen LogP contribution in [0.15, 0.2) is 36.4 Å². The largest absolute Gasteiger partial charge is 0.307 e. The van der Waals surface area contributed by atoms with Gasteiger partial charge in [0.05, 0.1) is 5.02 Å². The Kier molecular flexibility index (Phi) is 6.50. The van der Waals surface area contributed by atoms with Crippen LogP contribution in [-0.4, -0.2) is 22.2 Å². The van der Waals surface area contributed by atoms with E-state index in [2.05, 4.69) is 96.4 Å². The van der Waals surface area contributed by atoms with Crippen LogP contribution in [0.25, 0.3) is 11.1 Å². The van der Waals surface area contributed by atoms with Crippen molar-refractivity contribution >= 4 is 11.6 Å². The molecule has 0 radical (unpaired) electrons. The molecule has 0 aliphatic carbocycles. The molecule has 4 heteroatoms. The van der Waals surface area contributed by atoms with Gasteiger partial charge >= 0.3 is 0 Å². The lowest BCUT2D eigenvalue weighted by molar-refractivity contribution is 0.161. The Bertz CT molecular complexity index is 1020. The third-order valence-corrected chi connectivity index (χ3v) is 8.01. The minimum Gasteiger partial charge on any atom is -0.307 e. The summed E-state index contributed by atoms with van der Waals surface area (Å²) in [6.07, 6.45) is 4.06. The lowest BCUT2D eigenvalue weighted by Gasteiger charge is -2.47. The third-order valence-electron chi connectivity index (χ3n) is 7.63. The maximum Gasteiger partial charge on any atom is 0.149 e. The molecule has 0 bridgehead atoms.